The lowest BCUT2D eigenvalue weighted by atomic mass is 10.2. The van der Waals surface area contributed by atoms with E-state index in [-0.39, 0.29) is 5.82 Å². The molecule has 0 amide bonds. The van der Waals surface area contributed by atoms with Gasteiger partial charge in [-0.3, -0.25) is 0 Å². The molecule has 0 atom stereocenters. The summed E-state index contributed by atoms with van der Waals surface area (Å²) >= 11 is 9.23. The van der Waals surface area contributed by atoms with Gasteiger partial charge in [-0.15, -0.1) is 11.3 Å². The molecule has 0 bridgehead atoms. The normalized spacial score (nSPS) is 11.0. The minimum absolute atomic E-state index is 0.265. The number of hydrogen-bond acceptors (Lipinski definition) is 2. The van der Waals surface area contributed by atoms with Crippen molar-refractivity contribution in [3.63, 3.8) is 0 Å². The second kappa shape index (κ2) is 3.25. The van der Waals surface area contributed by atoms with Crippen LogP contribution in [0.3, 0.4) is 0 Å². The van der Waals surface area contributed by atoms with Gasteiger partial charge in [0.05, 0.1) is 9.72 Å². The van der Waals surface area contributed by atoms with Gasteiger partial charge in [0, 0.05) is 8.96 Å². The fraction of sp³-hybridized carbons (Fsp3) is 0. The quantitative estimate of drug-likeness (QED) is 0.730. The summed E-state index contributed by atoms with van der Waals surface area (Å²) in [7, 11) is 0. The Bertz CT molecular complexity index is 482. The maximum Gasteiger partial charge on any atom is 0.141 e. The Morgan fingerprint density at radius 1 is 1.46 bits per heavy atom. The van der Waals surface area contributed by atoms with Gasteiger partial charge in [-0.1, -0.05) is 11.6 Å². The smallest absolute Gasteiger partial charge is 0.141 e. The van der Waals surface area contributed by atoms with Crippen LogP contribution in [0.5, 0.6) is 0 Å². The van der Waals surface area contributed by atoms with Gasteiger partial charge in [0.1, 0.15) is 10.8 Å². The second-order valence-electron chi connectivity index (χ2n) is 2.51. The average Bonchev–Trinajstić information content (AvgIpc) is 2.38. The van der Waals surface area contributed by atoms with Crippen LogP contribution in [0.1, 0.15) is 0 Å². The summed E-state index contributed by atoms with van der Waals surface area (Å²) in [5.74, 6) is -0.265. The van der Waals surface area contributed by atoms with E-state index in [1.54, 1.807) is 6.07 Å². The zero-order valence-corrected chi connectivity index (χ0v) is 10.0. The standard InChI is InChI=1S/C8H4ClFINS/c9-6-5-4(11)2-1-3(10)7(5)13-8(6)12/h1-2H,12H2. The van der Waals surface area contributed by atoms with Crippen molar-refractivity contribution in [3.8, 4) is 0 Å². The molecule has 0 unspecified atom stereocenters. The van der Waals surface area contributed by atoms with Gasteiger partial charge in [-0.2, -0.15) is 0 Å². The van der Waals surface area contributed by atoms with E-state index < -0.39 is 0 Å². The third kappa shape index (κ3) is 1.41. The Balaban J connectivity index is 3.00. The number of thiophene rings is 1. The number of fused-ring (bicyclic) bond motifs is 1. The maximum absolute atomic E-state index is 13.3. The zero-order chi connectivity index (χ0) is 9.59. The van der Waals surface area contributed by atoms with Gasteiger partial charge in [0.15, 0.2) is 0 Å². The third-order valence-corrected chi connectivity index (χ3v) is 4.14. The zero-order valence-electron chi connectivity index (χ0n) is 6.27. The van der Waals surface area contributed by atoms with Gasteiger partial charge in [-0.25, -0.2) is 4.39 Å². The van der Waals surface area contributed by atoms with Crippen molar-refractivity contribution < 1.29 is 4.39 Å². The first-order valence-corrected chi connectivity index (χ1v) is 5.70. The molecule has 0 saturated carbocycles. The molecule has 13 heavy (non-hydrogen) atoms. The molecule has 68 valence electrons. The lowest BCUT2D eigenvalue weighted by Gasteiger charge is -1.95. The van der Waals surface area contributed by atoms with Crippen LogP contribution in [-0.4, -0.2) is 0 Å². The molecule has 0 aliphatic carbocycles. The van der Waals surface area contributed by atoms with Gasteiger partial charge < -0.3 is 5.73 Å². The first-order chi connectivity index (χ1) is 6.11. The van der Waals surface area contributed by atoms with Crippen molar-refractivity contribution in [2.24, 2.45) is 0 Å². The van der Waals surface area contributed by atoms with Crippen LogP contribution in [0.15, 0.2) is 12.1 Å². The van der Waals surface area contributed by atoms with Gasteiger partial charge in [0.25, 0.3) is 0 Å². The summed E-state index contributed by atoms with van der Waals surface area (Å²) in [6, 6.07) is 3.12. The SMILES string of the molecule is Nc1sc2c(F)ccc(I)c2c1Cl. The molecule has 1 aromatic heterocycles. The van der Waals surface area contributed by atoms with Crippen LogP contribution in [0.4, 0.5) is 9.39 Å². The molecule has 0 aliphatic heterocycles. The predicted octanol–water partition coefficient (Wildman–Crippen LogP) is 3.88. The molecule has 1 heterocycles. The molecule has 0 saturated heterocycles. The number of nitrogen functional groups attached to an aromatic ring is 1. The third-order valence-electron chi connectivity index (χ3n) is 1.71. The lowest BCUT2D eigenvalue weighted by Crippen LogP contribution is -1.79. The summed E-state index contributed by atoms with van der Waals surface area (Å²) in [4.78, 5) is 0. The van der Waals surface area contributed by atoms with Crippen molar-refractivity contribution in [2.75, 3.05) is 5.73 Å². The Hall–Kier alpha value is -0.0700. The first kappa shape index (κ1) is 9.48. The van der Waals surface area contributed by atoms with Crippen molar-refractivity contribution >= 4 is 60.6 Å². The van der Waals surface area contributed by atoms with E-state index in [4.69, 9.17) is 17.3 Å². The van der Waals surface area contributed by atoms with Crippen LogP contribution >= 0.6 is 45.5 Å². The number of anilines is 1. The van der Waals surface area contributed by atoms with E-state index in [2.05, 4.69) is 22.6 Å². The van der Waals surface area contributed by atoms with Gasteiger partial charge in [0.2, 0.25) is 0 Å². The second-order valence-corrected chi connectivity index (χ2v) is 5.11. The molecule has 0 aliphatic rings. The minimum atomic E-state index is -0.265. The highest BCUT2D eigenvalue weighted by molar-refractivity contribution is 14.1. The fourth-order valence-electron chi connectivity index (χ4n) is 1.12. The summed E-state index contributed by atoms with van der Waals surface area (Å²) in [6.07, 6.45) is 0. The first-order valence-electron chi connectivity index (χ1n) is 3.42. The highest BCUT2D eigenvalue weighted by Crippen LogP contribution is 2.40. The molecule has 2 rings (SSSR count). The molecule has 1 aromatic carbocycles. The highest BCUT2D eigenvalue weighted by atomic mass is 127. The topological polar surface area (TPSA) is 26.0 Å². The van der Waals surface area contributed by atoms with Crippen LogP contribution in [0, 0.1) is 9.39 Å². The van der Waals surface area contributed by atoms with E-state index in [1.807, 2.05) is 0 Å². The Kier molecular flexibility index (Phi) is 2.37. The number of rotatable bonds is 0. The summed E-state index contributed by atoms with van der Waals surface area (Å²) in [5.41, 5.74) is 5.61. The number of halogens is 3. The Labute approximate surface area is 96.8 Å². The predicted molar refractivity (Wildman–Crippen MR) is 63.9 cm³/mol. The van der Waals surface area contributed by atoms with Crippen molar-refractivity contribution in [1.29, 1.82) is 0 Å². The molecular formula is C8H4ClFINS. The fourth-order valence-corrected chi connectivity index (χ4v) is 3.44. The average molecular weight is 328 g/mol. The van der Waals surface area contributed by atoms with Crippen LogP contribution < -0.4 is 5.73 Å². The van der Waals surface area contributed by atoms with Crippen molar-refractivity contribution in [3.05, 3.63) is 26.5 Å². The highest BCUT2D eigenvalue weighted by Gasteiger charge is 2.13. The van der Waals surface area contributed by atoms with E-state index in [1.165, 1.54) is 17.4 Å². The Morgan fingerprint density at radius 2 is 2.15 bits per heavy atom. The van der Waals surface area contributed by atoms with Crippen molar-refractivity contribution in [1.82, 2.24) is 0 Å². The van der Waals surface area contributed by atoms with E-state index in [9.17, 15) is 4.39 Å². The van der Waals surface area contributed by atoms with E-state index in [0.717, 1.165) is 8.96 Å². The lowest BCUT2D eigenvalue weighted by molar-refractivity contribution is 0.641. The van der Waals surface area contributed by atoms with Crippen LogP contribution in [0.25, 0.3) is 10.1 Å². The number of nitrogens with two attached hydrogens (primary N) is 1. The minimum Gasteiger partial charge on any atom is -0.389 e. The van der Waals surface area contributed by atoms with E-state index >= 15 is 0 Å². The molecule has 0 fully saturated rings. The van der Waals surface area contributed by atoms with Crippen molar-refractivity contribution in [2.45, 2.75) is 0 Å². The monoisotopic (exact) mass is 327 g/mol. The molecule has 2 aromatic rings. The maximum atomic E-state index is 13.3. The van der Waals surface area contributed by atoms with Gasteiger partial charge in [-0.05, 0) is 34.7 Å². The van der Waals surface area contributed by atoms with Gasteiger partial charge >= 0.3 is 0 Å². The number of hydrogen-bond donors (Lipinski definition) is 1. The molecule has 2 N–H and O–H groups in total. The van der Waals surface area contributed by atoms with Crippen LogP contribution in [-0.2, 0) is 0 Å². The molecule has 1 nitrogen and oxygen atoms in total. The molecule has 0 radical (unpaired) electrons. The largest absolute Gasteiger partial charge is 0.389 e. The number of benzene rings is 1. The molecule has 0 spiro atoms. The molecule has 5 heteroatoms. The molecular weight excluding hydrogens is 324 g/mol. The van der Waals surface area contributed by atoms with Crippen LogP contribution in [0.2, 0.25) is 5.02 Å². The van der Waals surface area contributed by atoms with E-state index in [0.29, 0.717) is 14.7 Å². The summed E-state index contributed by atoms with van der Waals surface area (Å²) < 4.78 is 14.7. The summed E-state index contributed by atoms with van der Waals surface area (Å²) in [5, 5.41) is 1.66. The Morgan fingerprint density at radius 3 is 2.77 bits per heavy atom. The summed E-state index contributed by atoms with van der Waals surface area (Å²) in [6.45, 7) is 0.